The summed E-state index contributed by atoms with van der Waals surface area (Å²) in [5.74, 6) is 0.495. The molecule has 0 aromatic carbocycles. The summed E-state index contributed by atoms with van der Waals surface area (Å²) in [6.45, 7) is 5.70. The number of halogens is 1. The molecule has 0 saturated carbocycles. The van der Waals surface area contributed by atoms with Crippen molar-refractivity contribution in [2.45, 2.75) is 26.3 Å². The molecule has 0 spiro atoms. The molecule has 18 heavy (non-hydrogen) atoms. The summed E-state index contributed by atoms with van der Waals surface area (Å²) in [6, 6.07) is 5.42. The minimum absolute atomic E-state index is 0.323. The second-order valence-corrected chi connectivity index (χ2v) is 6.02. The summed E-state index contributed by atoms with van der Waals surface area (Å²) in [4.78, 5) is 11.7. The normalized spacial score (nSPS) is 11.6. The van der Waals surface area contributed by atoms with E-state index in [0.29, 0.717) is 5.75 Å². The molecule has 6 heteroatoms. The molecule has 0 atom stereocenters. The average molecular weight is 359 g/mol. The van der Waals surface area contributed by atoms with E-state index < -0.39 is 6.09 Å². The van der Waals surface area contributed by atoms with Crippen LogP contribution in [0.2, 0.25) is 0 Å². The fourth-order valence-electron chi connectivity index (χ4n) is 1.48. The maximum atomic E-state index is 11.7. The summed E-state index contributed by atoms with van der Waals surface area (Å²) in [5.41, 5.74) is 0.447. The number of fused-ring (bicyclic) bond motifs is 1. The van der Waals surface area contributed by atoms with Crippen LogP contribution in [0.1, 0.15) is 20.8 Å². The van der Waals surface area contributed by atoms with E-state index in [-0.39, 0.29) is 5.54 Å². The Morgan fingerprint density at radius 3 is 2.78 bits per heavy atom. The third kappa shape index (κ3) is 2.92. The van der Waals surface area contributed by atoms with Gasteiger partial charge >= 0.3 is 6.09 Å². The number of hydrogen-bond donors (Lipinski definition) is 1. The molecule has 0 radical (unpaired) electrons. The second-order valence-electron chi connectivity index (χ2n) is 4.91. The Balaban J connectivity index is 2.25. The lowest BCUT2D eigenvalue weighted by Gasteiger charge is -2.20. The van der Waals surface area contributed by atoms with E-state index in [2.05, 4.69) is 33.0 Å². The van der Waals surface area contributed by atoms with Gasteiger partial charge in [-0.15, -0.1) is 0 Å². The molecule has 0 bridgehead atoms. The van der Waals surface area contributed by atoms with Crippen molar-refractivity contribution in [2.24, 2.45) is 0 Å². The van der Waals surface area contributed by atoms with Crippen molar-refractivity contribution in [3.05, 3.63) is 28.1 Å². The van der Waals surface area contributed by atoms with Crippen molar-refractivity contribution in [1.82, 2.24) is 14.9 Å². The molecule has 2 aromatic rings. The quantitative estimate of drug-likeness (QED) is 0.629. The predicted molar refractivity (Wildman–Crippen MR) is 76.8 cm³/mol. The first kappa shape index (κ1) is 13.1. The van der Waals surface area contributed by atoms with Crippen LogP contribution < -0.4 is 10.1 Å². The lowest BCUT2D eigenvalue weighted by atomic mass is 10.1. The van der Waals surface area contributed by atoms with Gasteiger partial charge < -0.3 is 10.1 Å². The summed E-state index contributed by atoms with van der Waals surface area (Å²) < 4.78 is 7.98. The third-order valence-corrected chi connectivity index (χ3v) is 2.97. The van der Waals surface area contributed by atoms with Crippen molar-refractivity contribution in [3.8, 4) is 5.75 Å². The van der Waals surface area contributed by atoms with Crippen LogP contribution in [0.15, 0.2) is 24.4 Å². The van der Waals surface area contributed by atoms with Crippen molar-refractivity contribution in [2.75, 3.05) is 0 Å². The van der Waals surface area contributed by atoms with Gasteiger partial charge in [0, 0.05) is 5.54 Å². The molecule has 0 aliphatic rings. The fraction of sp³-hybridized carbons (Fsp3) is 0.333. The first-order valence-corrected chi connectivity index (χ1v) is 6.57. The SMILES string of the molecule is CC(C)(C)NC(=O)Oc1ccc(I)n2nccc12. The molecule has 1 N–H and O–H groups in total. The largest absolute Gasteiger partial charge is 0.413 e. The van der Waals surface area contributed by atoms with Crippen LogP contribution >= 0.6 is 22.6 Å². The first-order chi connectivity index (χ1) is 8.37. The first-order valence-electron chi connectivity index (χ1n) is 5.49. The van der Waals surface area contributed by atoms with E-state index in [9.17, 15) is 4.79 Å². The number of nitrogens with zero attached hydrogens (tertiary/aromatic N) is 2. The zero-order chi connectivity index (χ0) is 13.3. The topological polar surface area (TPSA) is 55.6 Å². The molecule has 0 unspecified atom stereocenters. The monoisotopic (exact) mass is 359 g/mol. The van der Waals surface area contributed by atoms with E-state index in [1.165, 1.54) is 0 Å². The molecule has 2 heterocycles. The second kappa shape index (κ2) is 4.75. The predicted octanol–water partition coefficient (Wildman–Crippen LogP) is 2.83. The van der Waals surface area contributed by atoms with Gasteiger partial charge in [0.2, 0.25) is 0 Å². The fourth-order valence-corrected chi connectivity index (χ4v) is 2.04. The van der Waals surface area contributed by atoms with Gasteiger partial charge in [-0.1, -0.05) is 0 Å². The molecule has 5 nitrogen and oxygen atoms in total. The number of nitrogens with one attached hydrogen (secondary N) is 1. The number of ether oxygens (including phenoxy) is 1. The van der Waals surface area contributed by atoms with Crippen molar-refractivity contribution >= 4 is 34.2 Å². The lowest BCUT2D eigenvalue weighted by Crippen LogP contribution is -2.42. The molecule has 0 aliphatic carbocycles. The van der Waals surface area contributed by atoms with Gasteiger partial charge in [-0.2, -0.15) is 5.10 Å². The van der Waals surface area contributed by atoms with E-state index in [0.717, 1.165) is 9.22 Å². The Labute approximate surface area is 119 Å². The van der Waals surface area contributed by atoms with E-state index in [4.69, 9.17) is 4.74 Å². The minimum atomic E-state index is -0.466. The summed E-state index contributed by atoms with van der Waals surface area (Å²) in [6.07, 6.45) is 1.21. The molecule has 96 valence electrons. The number of rotatable bonds is 1. The lowest BCUT2D eigenvalue weighted by molar-refractivity contribution is 0.191. The molecule has 0 fully saturated rings. The minimum Gasteiger partial charge on any atom is -0.408 e. The molecule has 2 rings (SSSR count). The number of carbonyl (C=O) groups excluding carboxylic acids is 1. The van der Waals surface area contributed by atoms with Crippen molar-refractivity contribution < 1.29 is 9.53 Å². The van der Waals surface area contributed by atoms with E-state index in [1.807, 2.05) is 32.9 Å². The Hall–Kier alpha value is -1.31. The molecular formula is C12H14IN3O2. The molecular weight excluding hydrogens is 345 g/mol. The van der Waals surface area contributed by atoms with Crippen LogP contribution in [-0.2, 0) is 0 Å². The molecule has 0 saturated heterocycles. The molecule has 2 aromatic heterocycles. The number of aromatic nitrogens is 2. The van der Waals surface area contributed by atoms with Crippen LogP contribution in [0.25, 0.3) is 5.52 Å². The highest BCUT2D eigenvalue weighted by Gasteiger charge is 2.16. The van der Waals surface area contributed by atoms with Gasteiger partial charge in [-0.05, 0) is 61.6 Å². The summed E-state index contributed by atoms with van der Waals surface area (Å²) in [5, 5.41) is 6.90. The average Bonchev–Trinajstić information content (AvgIpc) is 2.69. The third-order valence-electron chi connectivity index (χ3n) is 2.15. The Morgan fingerprint density at radius 1 is 1.39 bits per heavy atom. The van der Waals surface area contributed by atoms with Crippen LogP contribution in [0, 0.1) is 3.70 Å². The maximum absolute atomic E-state index is 11.7. The number of pyridine rings is 1. The van der Waals surface area contributed by atoms with Gasteiger partial charge in [0.25, 0.3) is 0 Å². The van der Waals surface area contributed by atoms with E-state index in [1.54, 1.807) is 16.8 Å². The number of hydrogen-bond acceptors (Lipinski definition) is 3. The zero-order valence-electron chi connectivity index (χ0n) is 10.4. The van der Waals surface area contributed by atoms with Gasteiger partial charge in [0.05, 0.1) is 6.20 Å². The highest BCUT2D eigenvalue weighted by Crippen LogP contribution is 2.22. The van der Waals surface area contributed by atoms with Gasteiger partial charge in [-0.3, -0.25) is 0 Å². The number of amides is 1. The number of carbonyl (C=O) groups is 1. The van der Waals surface area contributed by atoms with Crippen molar-refractivity contribution in [3.63, 3.8) is 0 Å². The highest BCUT2D eigenvalue weighted by molar-refractivity contribution is 14.1. The van der Waals surface area contributed by atoms with Crippen molar-refractivity contribution in [1.29, 1.82) is 0 Å². The Morgan fingerprint density at radius 2 is 2.11 bits per heavy atom. The summed E-state index contributed by atoms with van der Waals surface area (Å²) in [7, 11) is 0. The van der Waals surface area contributed by atoms with E-state index >= 15 is 0 Å². The smallest absolute Gasteiger partial charge is 0.408 e. The Kier molecular flexibility index (Phi) is 3.47. The Bertz CT molecular complexity index is 587. The van der Waals surface area contributed by atoms with Gasteiger partial charge in [0.1, 0.15) is 9.22 Å². The van der Waals surface area contributed by atoms with Crippen LogP contribution in [-0.4, -0.2) is 21.2 Å². The summed E-state index contributed by atoms with van der Waals surface area (Å²) >= 11 is 2.17. The molecule has 1 amide bonds. The zero-order valence-corrected chi connectivity index (χ0v) is 12.6. The van der Waals surface area contributed by atoms with Crippen LogP contribution in [0.5, 0.6) is 5.75 Å². The standard InChI is InChI=1S/C12H14IN3O2/c1-12(2,3)15-11(17)18-9-4-5-10(13)16-8(9)6-7-14-16/h4-7H,1-3H3,(H,15,17). The van der Waals surface area contributed by atoms with Crippen LogP contribution in [0.4, 0.5) is 4.79 Å². The highest BCUT2D eigenvalue weighted by atomic mass is 127. The van der Waals surface area contributed by atoms with Gasteiger partial charge in [0.15, 0.2) is 5.75 Å². The maximum Gasteiger partial charge on any atom is 0.413 e. The molecule has 0 aliphatic heterocycles. The van der Waals surface area contributed by atoms with Crippen LogP contribution in [0.3, 0.4) is 0 Å². The van der Waals surface area contributed by atoms with Gasteiger partial charge in [-0.25, -0.2) is 9.31 Å².